The molecule has 0 spiro atoms. The Labute approximate surface area is 133 Å². The summed E-state index contributed by atoms with van der Waals surface area (Å²) in [5, 5.41) is 6.65. The average Bonchev–Trinajstić information content (AvgIpc) is 2.95. The standard InChI is InChI=1S/C16H15FN2O2S/c1-10-6-12(17)3-4-13(10)19-16(22)18-8-11-2-5-14-15(7-11)21-9-20-14/h2-7H,8-9H2,1H3,(H2,18,19,22). The fraction of sp³-hybridized carbons (Fsp3) is 0.188. The van der Waals surface area contributed by atoms with Crippen molar-refractivity contribution in [3.8, 4) is 11.5 Å². The van der Waals surface area contributed by atoms with Crippen LogP contribution in [0.1, 0.15) is 11.1 Å². The van der Waals surface area contributed by atoms with Crippen LogP contribution in [0, 0.1) is 12.7 Å². The molecule has 4 nitrogen and oxygen atoms in total. The van der Waals surface area contributed by atoms with Crippen molar-refractivity contribution in [2.24, 2.45) is 0 Å². The van der Waals surface area contributed by atoms with E-state index < -0.39 is 0 Å². The second kappa shape index (κ2) is 6.19. The molecule has 0 atom stereocenters. The number of thiocarbonyl (C=S) groups is 1. The SMILES string of the molecule is Cc1cc(F)ccc1NC(=S)NCc1ccc2c(c1)OCO2. The van der Waals surface area contributed by atoms with Crippen LogP contribution in [0.25, 0.3) is 0 Å². The molecule has 0 amide bonds. The van der Waals surface area contributed by atoms with E-state index in [-0.39, 0.29) is 12.6 Å². The third kappa shape index (κ3) is 3.28. The summed E-state index contributed by atoms with van der Waals surface area (Å²) in [6.07, 6.45) is 0. The van der Waals surface area contributed by atoms with E-state index >= 15 is 0 Å². The van der Waals surface area contributed by atoms with Crippen LogP contribution in [0.3, 0.4) is 0 Å². The number of fused-ring (bicyclic) bond motifs is 1. The van der Waals surface area contributed by atoms with Crippen molar-refractivity contribution >= 4 is 23.0 Å². The molecule has 3 rings (SSSR count). The molecule has 6 heteroatoms. The summed E-state index contributed by atoms with van der Waals surface area (Å²) in [4.78, 5) is 0. The van der Waals surface area contributed by atoms with Crippen molar-refractivity contribution < 1.29 is 13.9 Å². The lowest BCUT2D eigenvalue weighted by atomic mass is 10.2. The molecule has 0 unspecified atom stereocenters. The molecule has 1 aliphatic rings. The van der Waals surface area contributed by atoms with Gasteiger partial charge < -0.3 is 20.1 Å². The van der Waals surface area contributed by atoms with Crippen LogP contribution in [0.2, 0.25) is 0 Å². The van der Waals surface area contributed by atoms with E-state index in [0.717, 1.165) is 28.3 Å². The molecule has 0 fully saturated rings. The summed E-state index contributed by atoms with van der Waals surface area (Å²) in [5.41, 5.74) is 2.61. The van der Waals surface area contributed by atoms with E-state index in [1.807, 2.05) is 25.1 Å². The highest BCUT2D eigenvalue weighted by Crippen LogP contribution is 2.32. The molecule has 0 aromatic heterocycles. The number of halogens is 1. The Balaban J connectivity index is 1.58. The average molecular weight is 318 g/mol. The molecule has 2 aromatic carbocycles. The zero-order valence-electron chi connectivity index (χ0n) is 12.0. The Morgan fingerprint density at radius 1 is 1.18 bits per heavy atom. The molecule has 0 saturated carbocycles. The smallest absolute Gasteiger partial charge is 0.231 e. The molecule has 1 aliphatic heterocycles. The number of hydrogen-bond acceptors (Lipinski definition) is 3. The number of hydrogen-bond donors (Lipinski definition) is 2. The van der Waals surface area contributed by atoms with E-state index in [4.69, 9.17) is 21.7 Å². The lowest BCUT2D eigenvalue weighted by Crippen LogP contribution is -2.28. The predicted octanol–water partition coefficient (Wildman–Crippen LogP) is 3.35. The Morgan fingerprint density at radius 3 is 2.82 bits per heavy atom. The molecular weight excluding hydrogens is 303 g/mol. The fourth-order valence-electron chi connectivity index (χ4n) is 2.17. The number of ether oxygens (including phenoxy) is 2. The Kier molecular flexibility index (Phi) is 4.11. The lowest BCUT2D eigenvalue weighted by molar-refractivity contribution is 0.174. The lowest BCUT2D eigenvalue weighted by Gasteiger charge is -2.12. The minimum absolute atomic E-state index is 0.260. The molecule has 0 radical (unpaired) electrons. The number of anilines is 1. The largest absolute Gasteiger partial charge is 0.454 e. The van der Waals surface area contributed by atoms with Gasteiger partial charge in [-0.3, -0.25) is 0 Å². The number of aryl methyl sites for hydroxylation is 1. The normalized spacial score (nSPS) is 12.1. The molecule has 2 aromatic rings. The van der Waals surface area contributed by atoms with Gasteiger partial charge in [0.25, 0.3) is 0 Å². The zero-order chi connectivity index (χ0) is 15.5. The molecule has 0 bridgehead atoms. The second-order valence-electron chi connectivity index (χ2n) is 4.95. The fourth-order valence-corrected chi connectivity index (χ4v) is 2.35. The van der Waals surface area contributed by atoms with Crippen LogP contribution in [0.4, 0.5) is 10.1 Å². The van der Waals surface area contributed by atoms with Gasteiger partial charge in [-0.1, -0.05) is 6.07 Å². The molecule has 1 heterocycles. The van der Waals surface area contributed by atoms with Gasteiger partial charge in [0.05, 0.1) is 0 Å². The predicted molar refractivity (Wildman–Crippen MR) is 86.8 cm³/mol. The van der Waals surface area contributed by atoms with E-state index in [9.17, 15) is 4.39 Å². The summed E-state index contributed by atoms with van der Waals surface area (Å²) in [6.45, 7) is 2.64. The van der Waals surface area contributed by atoms with Gasteiger partial charge in [0.1, 0.15) is 5.82 Å². The molecule has 0 saturated heterocycles. The number of rotatable bonds is 3. The van der Waals surface area contributed by atoms with Gasteiger partial charge in [-0.15, -0.1) is 0 Å². The first-order valence-corrected chi connectivity index (χ1v) is 7.22. The van der Waals surface area contributed by atoms with Crippen LogP contribution >= 0.6 is 12.2 Å². The minimum Gasteiger partial charge on any atom is -0.454 e. The van der Waals surface area contributed by atoms with Crippen LogP contribution in [0.15, 0.2) is 36.4 Å². The third-order valence-electron chi connectivity index (χ3n) is 3.33. The molecule has 2 N–H and O–H groups in total. The number of nitrogens with one attached hydrogen (secondary N) is 2. The Bertz CT molecular complexity index is 721. The minimum atomic E-state index is -0.262. The van der Waals surface area contributed by atoms with Crippen molar-refractivity contribution in [3.05, 3.63) is 53.3 Å². The summed E-state index contributed by atoms with van der Waals surface area (Å²) < 4.78 is 23.7. The van der Waals surface area contributed by atoms with E-state index in [1.165, 1.54) is 12.1 Å². The maximum Gasteiger partial charge on any atom is 0.231 e. The molecule has 22 heavy (non-hydrogen) atoms. The Hall–Kier alpha value is -2.34. The zero-order valence-corrected chi connectivity index (χ0v) is 12.8. The van der Waals surface area contributed by atoms with Gasteiger partial charge in [-0.05, 0) is 60.6 Å². The third-order valence-corrected chi connectivity index (χ3v) is 3.57. The summed E-state index contributed by atoms with van der Waals surface area (Å²) in [6, 6.07) is 10.3. The quantitative estimate of drug-likeness (QED) is 0.850. The summed E-state index contributed by atoms with van der Waals surface area (Å²) in [7, 11) is 0. The highest BCUT2D eigenvalue weighted by Gasteiger charge is 2.13. The summed E-state index contributed by atoms with van der Waals surface area (Å²) in [5.74, 6) is 1.24. The van der Waals surface area contributed by atoms with E-state index in [1.54, 1.807) is 6.07 Å². The van der Waals surface area contributed by atoms with Crippen molar-refractivity contribution in [3.63, 3.8) is 0 Å². The monoisotopic (exact) mass is 318 g/mol. The van der Waals surface area contributed by atoms with E-state index in [0.29, 0.717) is 11.7 Å². The first-order chi connectivity index (χ1) is 10.6. The molecular formula is C16H15FN2O2S. The van der Waals surface area contributed by atoms with Crippen LogP contribution in [0.5, 0.6) is 11.5 Å². The van der Waals surface area contributed by atoms with Crippen LogP contribution in [-0.4, -0.2) is 11.9 Å². The van der Waals surface area contributed by atoms with Gasteiger partial charge >= 0.3 is 0 Å². The van der Waals surface area contributed by atoms with Crippen molar-refractivity contribution in [2.45, 2.75) is 13.5 Å². The van der Waals surface area contributed by atoms with Gasteiger partial charge in [0, 0.05) is 12.2 Å². The van der Waals surface area contributed by atoms with Gasteiger partial charge in [-0.25, -0.2) is 4.39 Å². The topological polar surface area (TPSA) is 42.5 Å². The maximum atomic E-state index is 13.1. The van der Waals surface area contributed by atoms with E-state index in [2.05, 4.69) is 10.6 Å². The number of benzene rings is 2. The van der Waals surface area contributed by atoms with Crippen molar-refractivity contribution in [1.29, 1.82) is 0 Å². The van der Waals surface area contributed by atoms with Crippen LogP contribution < -0.4 is 20.1 Å². The van der Waals surface area contributed by atoms with Gasteiger partial charge in [-0.2, -0.15) is 0 Å². The summed E-state index contributed by atoms with van der Waals surface area (Å²) >= 11 is 5.26. The van der Waals surface area contributed by atoms with Gasteiger partial charge in [0.15, 0.2) is 16.6 Å². The molecule has 114 valence electrons. The highest BCUT2D eigenvalue weighted by molar-refractivity contribution is 7.80. The molecule has 0 aliphatic carbocycles. The second-order valence-corrected chi connectivity index (χ2v) is 5.36. The van der Waals surface area contributed by atoms with Crippen molar-refractivity contribution in [2.75, 3.05) is 12.1 Å². The maximum absolute atomic E-state index is 13.1. The Morgan fingerprint density at radius 2 is 2.00 bits per heavy atom. The van der Waals surface area contributed by atoms with Gasteiger partial charge in [0.2, 0.25) is 6.79 Å². The highest BCUT2D eigenvalue weighted by atomic mass is 32.1. The van der Waals surface area contributed by atoms with Crippen LogP contribution in [-0.2, 0) is 6.54 Å². The first kappa shape index (κ1) is 14.6. The first-order valence-electron chi connectivity index (χ1n) is 6.81. The van der Waals surface area contributed by atoms with Crippen molar-refractivity contribution in [1.82, 2.24) is 5.32 Å².